The third-order valence-electron chi connectivity index (χ3n) is 6.73. The van der Waals surface area contributed by atoms with Gasteiger partial charge in [-0.2, -0.15) is 5.10 Å². The highest BCUT2D eigenvalue weighted by atomic mass is 32.1. The highest BCUT2D eigenvalue weighted by Crippen LogP contribution is 2.23. The van der Waals surface area contributed by atoms with E-state index in [1.165, 1.54) is 11.3 Å². The topological polar surface area (TPSA) is 72.4 Å². The van der Waals surface area contributed by atoms with Gasteiger partial charge in [0.25, 0.3) is 5.56 Å². The Bertz CT molecular complexity index is 1920. The molecule has 38 heavy (non-hydrogen) atoms. The fraction of sp³-hybridized carbons (Fsp3) is 0.100. The van der Waals surface area contributed by atoms with E-state index in [-0.39, 0.29) is 5.56 Å². The second-order valence-corrected chi connectivity index (χ2v) is 9.89. The lowest BCUT2D eigenvalue weighted by Crippen LogP contribution is -2.19. The van der Waals surface area contributed by atoms with E-state index < -0.39 is 0 Å². The third-order valence-corrected chi connectivity index (χ3v) is 7.55. The van der Waals surface area contributed by atoms with Crippen molar-refractivity contribution >= 4 is 34.1 Å². The number of aromatic amines is 1. The van der Waals surface area contributed by atoms with Gasteiger partial charge in [-0.25, -0.2) is 14.4 Å². The molecule has 6 aromatic rings. The maximum Gasteiger partial charge on any atom is 0.297 e. The van der Waals surface area contributed by atoms with E-state index >= 15 is 0 Å². The second-order valence-electron chi connectivity index (χ2n) is 9.06. The molecule has 0 aliphatic rings. The van der Waals surface area contributed by atoms with E-state index in [2.05, 4.69) is 17.1 Å². The maximum absolute atomic E-state index is 13.5. The quantitative estimate of drug-likeness (QED) is 0.283. The smallest absolute Gasteiger partial charge is 0.297 e. The monoisotopic (exact) mass is 518 g/mol. The number of rotatable bonds is 5. The van der Waals surface area contributed by atoms with Gasteiger partial charge in [-0.05, 0) is 32.0 Å². The molecule has 3 aromatic heterocycles. The normalized spacial score (nSPS) is 12.2. The van der Waals surface area contributed by atoms with E-state index in [0.29, 0.717) is 10.5 Å². The van der Waals surface area contributed by atoms with E-state index in [1.54, 1.807) is 4.68 Å². The van der Waals surface area contributed by atoms with Gasteiger partial charge >= 0.3 is 0 Å². The van der Waals surface area contributed by atoms with Crippen molar-refractivity contribution in [2.75, 3.05) is 0 Å². The third kappa shape index (κ3) is 4.05. The molecule has 0 atom stereocenters. The number of hydrogen-bond donors (Lipinski definition) is 1. The van der Waals surface area contributed by atoms with Crippen LogP contribution in [0.2, 0.25) is 0 Å². The number of aryl methyl sites for hydroxylation is 1. The molecule has 8 heteroatoms. The lowest BCUT2D eigenvalue weighted by molar-refractivity contribution is 0.630. The maximum atomic E-state index is 13.5. The molecule has 0 aliphatic carbocycles. The van der Waals surface area contributed by atoms with E-state index in [9.17, 15) is 4.79 Å². The predicted octanol–water partition coefficient (Wildman–Crippen LogP) is 5.92. The lowest BCUT2D eigenvalue weighted by atomic mass is 10.1. The van der Waals surface area contributed by atoms with Crippen LogP contribution >= 0.6 is 11.3 Å². The molecule has 3 aromatic carbocycles. The molecule has 0 spiro atoms. The van der Waals surface area contributed by atoms with Crippen LogP contribution in [0.4, 0.5) is 5.69 Å². The summed E-state index contributed by atoms with van der Waals surface area (Å²) in [6.07, 6.45) is 1.87. The van der Waals surface area contributed by atoms with Crippen molar-refractivity contribution in [3.8, 4) is 16.9 Å². The number of aromatic nitrogens is 4. The number of fused-ring (bicyclic) bond motifs is 1. The van der Waals surface area contributed by atoms with Crippen LogP contribution in [0.1, 0.15) is 17.0 Å². The summed E-state index contributed by atoms with van der Waals surface area (Å²) < 4.78 is 5.30. The van der Waals surface area contributed by atoms with Gasteiger partial charge in [0.05, 0.1) is 23.3 Å². The largest absolute Gasteiger partial charge is 0.358 e. The Labute approximate surface area is 223 Å². The Morgan fingerprint density at radius 3 is 2.34 bits per heavy atom. The highest BCUT2D eigenvalue weighted by molar-refractivity contribution is 7.07. The standard InChI is InChI=1S/C30H26N6OS/c1-20-25(24-16-10-11-17-26(24)32-20)18-31-35-27(22-12-6-4-7-13-22)19-38-30(35)33-28-21(2)34(3)36(29(28)37)23-14-8-5-9-15-23/h4-19,32H,1-3H3. The van der Waals surface area contributed by atoms with E-state index in [0.717, 1.165) is 44.8 Å². The van der Waals surface area contributed by atoms with Crippen molar-refractivity contribution in [3.63, 3.8) is 0 Å². The minimum absolute atomic E-state index is 0.172. The molecule has 0 unspecified atom stereocenters. The Morgan fingerprint density at radius 2 is 1.58 bits per heavy atom. The molecule has 3 heterocycles. The molecular formula is C30H26N6OS. The number of hydrogen-bond acceptors (Lipinski definition) is 4. The molecule has 0 aliphatic heterocycles. The number of nitrogens with one attached hydrogen (secondary N) is 1. The van der Waals surface area contributed by atoms with Gasteiger partial charge in [-0.3, -0.25) is 9.48 Å². The average Bonchev–Trinajstić information content (AvgIpc) is 3.56. The molecule has 0 saturated carbocycles. The van der Waals surface area contributed by atoms with Crippen molar-refractivity contribution < 1.29 is 0 Å². The molecular weight excluding hydrogens is 492 g/mol. The van der Waals surface area contributed by atoms with Crippen LogP contribution in [0.5, 0.6) is 0 Å². The minimum atomic E-state index is -0.172. The number of para-hydroxylation sites is 2. The summed E-state index contributed by atoms with van der Waals surface area (Å²) in [5.41, 5.74) is 6.83. The Balaban J connectivity index is 1.55. The minimum Gasteiger partial charge on any atom is -0.358 e. The van der Waals surface area contributed by atoms with Gasteiger partial charge in [-0.1, -0.05) is 66.7 Å². The average molecular weight is 519 g/mol. The van der Waals surface area contributed by atoms with Crippen LogP contribution in [0, 0.1) is 13.8 Å². The van der Waals surface area contributed by atoms with Crippen LogP contribution in [0.25, 0.3) is 27.8 Å². The van der Waals surface area contributed by atoms with Gasteiger partial charge in [-0.15, -0.1) is 11.3 Å². The van der Waals surface area contributed by atoms with Gasteiger partial charge in [0, 0.05) is 40.2 Å². The molecule has 0 fully saturated rings. The van der Waals surface area contributed by atoms with E-state index in [4.69, 9.17) is 10.1 Å². The van der Waals surface area contributed by atoms with Crippen molar-refractivity contribution in [1.29, 1.82) is 0 Å². The Morgan fingerprint density at radius 1 is 0.895 bits per heavy atom. The van der Waals surface area contributed by atoms with Crippen LogP contribution in [0.15, 0.2) is 105 Å². The summed E-state index contributed by atoms with van der Waals surface area (Å²) in [6, 6.07) is 27.9. The highest BCUT2D eigenvalue weighted by Gasteiger charge is 2.17. The molecule has 0 bridgehead atoms. The zero-order chi connectivity index (χ0) is 26.2. The van der Waals surface area contributed by atoms with Crippen LogP contribution in [-0.4, -0.2) is 25.2 Å². The SMILES string of the molecule is Cc1[nH]c2ccccc2c1C=Nn1c(-c2ccccc2)csc1=Nc1c(C)n(C)n(-c2ccccc2)c1=O. The summed E-state index contributed by atoms with van der Waals surface area (Å²) in [5.74, 6) is 0. The summed E-state index contributed by atoms with van der Waals surface area (Å²) in [4.78, 5) is 22.5. The van der Waals surface area contributed by atoms with Crippen LogP contribution < -0.4 is 10.4 Å². The second kappa shape index (κ2) is 9.64. The first kappa shape index (κ1) is 23.7. The molecule has 188 valence electrons. The number of benzene rings is 3. The summed E-state index contributed by atoms with van der Waals surface area (Å²) >= 11 is 1.46. The first-order chi connectivity index (χ1) is 18.5. The summed E-state index contributed by atoms with van der Waals surface area (Å²) in [6.45, 7) is 3.96. The van der Waals surface area contributed by atoms with Gasteiger partial charge < -0.3 is 4.98 Å². The van der Waals surface area contributed by atoms with Crippen molar-refractivity contribution in [3.05, 3.63) is 122 Å². The van der Waals surface area contributed by atoms with Gasteiger partial charge in [0.1, 0.15) is 0 Å². The number of thiazole rings is 1. The molecule has 7 nitrogen and oxygen atoms in total. The van der Waals surface area contributed by atoms with Crippen molar-refractivity contribution in [1.82, 2.24) is 19.0 Å². The van der Waals surface area contributed by atoms with Gasteiger partial charge in [0.15, 0.2) is 5.69 Å². The summed E-state index contributed by atoms with van der Waals surface area (Å²) in [7, 11) is 1.87. The number of nitrogens with zero attached hydrogens (tertiary/aromatic N) is 5. The Kier molecular flexibility index (Phi) is 6.01. The molecule has 1 N–H and O–H groups in total. The Hall–Kier alpha value is -4.69. The van der Waals surface area contributed by atoms with Crippen LogP contribution in [0.3, 0.4) is 0 Å². The van der Waals surface area contributed by atoms with Crippen LogP contribution in [-0.2, 0) is 7.05 Å². The van der Waals surface area contributed by atoms with Crippen molar-refractivity contribution in [2.24, 2.45) is 17.1 Å². The molecule has 0 radical (unpaired) electrons. The zero-order valence-corrected chi connectivity index (χ0v) is 22.1. The van der Waals surface area contributed by atoms with E-state index in [1.807, 2.05) is 115 Å². The fourth-order valence-corrected chi connectivity index (χ4v) is 5.50. The first-order valence-corrected chi connectivity index (χ1v) is 13.2. The fourth-order valence-electron chi connectivity index (χ4n) is 4.65. The molecule has 0 saturated heterocycles. The van der Waals surface area contributed by atoms with Gasteiger partial charge in [0.2, 0.25) is 4.80 Å². The zero-order valence-electron chi connectivity index (χ0n) is 21.3. The predicted molar refractivity (Wildman–Crippen MR) is 155 cm³/mol. The molecule has 6 rings (SSSR count). The lowest BCUT2D eigenvalue weighted by Gasteiger charge is -2.07. The summed E-state index contributed by atoms with van der Waals surface area (Å²) in [5, 5.41) is 8.05. The molecule has 0 amide bonds. The first-order valence-electron chi connectivity index (χ1n) is 12.3. The number of H-pyrrole nitrogens is 1. The van der Waals surface area contributed by atoms with Crippen molar-refractivity contribution in [2.45, 2.75) is 13.8 Å².